The van der Waals surface area contributed by atoms with Crippen molar-refractivity contribution in [1.82, 2.24) is 10.6 Å². The summed E-state index contributed by atoms with van der Waals surface area (Å²) in [7, 11) is 0. The maximum absolute atomic E-state index is 12.2. The normalized spacial score (nSPS) is 16.9. The lowest BCUT2D eigenvalue weighted by molar-refractivity contribution is -0.119. The van der Waals surface area contributed by atoms with Crippen molar-refractivity contribution in [3.05, 3.63) is 29.8 Å². The van der Waals surface area contributed by atoms with Crippen LogP contribution >= 0.6 is 12.2 Å². The molecule has 1 aromatic rings. The van der Waals surface area contributed by atoms with Crippen LogP contribution in [0.2, 0.25) is 0 Å². The highest BCUT2D eigenvalue weighted by Gasteiger charge is 2.12. The Morgan fingerprint density at radius 3 is 2.10 bits per heavy atom. The zero-order valence-electron chi connectivity index (χ0n) is 18.0. The molecule has 0 aliphatic heterocycles. The second-order valence-corrected chi connectivity index (χ2v) is 8.65. The quantitative estimate of drug-likeness (QED) is 0.451. The van der Waals surface area contributed by atoms with Crippen molar-refractivity contribution in [2.75, 3.05) is 6.61 Å². The van der Waals surface area contributed by atoms with Gasteiger partial charge in [0.05, 0.1) is 6.61 Å². The molecule has 4 nitrogen and oxygen atoms in total. The number of rotatable bonds is 6. The van der Waals surface area contributed by atoms with Gasteiger partial charge < -0.3 is 15.4 Å². The van der Waals surface area contributed by atoms with Gasteiger partial charge in [0.15, 0.2) is 5.11 Å². The predicted octanol–water partition coefficient (Wildman–Crippen LogP) is 5.82. The van der Waals surface area contributed by atoms with Crippen LogP contribution in [0.3, 0.4) is 0 Å². The molecule has 0 bridgehead atoms. The molecule has 1 aliphatic rings. The van der Waals surface area contributed by atoms with Gasteiger partial charge in [0.1, 0.15) is 5.75 Å². The van der Waals surface area contributed by atoms with E-state index in [2.05, 4.69) is 10.6 Å². The first-order chi connectivity index (χ1) is 14.1. The van der Waals surface area contributed by atoms with Crippen molar-refractivity contribution in [2.45, 2.75) is 96.4 Å². The maximum atomic E-state index is 12.2. The molecule has 5 heteroatoms. The average molecular weight is 419 g/mol. The molecular weight excluding hydrogens is 380 g/mol. The van der Waals surface area contributed by atoms with Crippen molar-refractivity contribution in [1.29, 1.82) is 0 Å². The van der Waals surface area contributed by atoms with Crippen LogP contribution in [-0.4, -0.2) is 23.7 Å². The fraction of sp³-hybridized carbons (Fsp3) is 0.667. The van der Waals surface area contributed by atoms with Crippen molar-refractivity contribution >= 4 is 23.2 Å². The Balaban J connectivity index is 1.62. The minimum Gasteiger partial charge on any atom is -0.494 e. The summed E-state index contributed by atoms with van der Waals surface area (Å²) >= 11 is 5.39. The number of carbonyl (C=O) groups excluding carboxylic acids is 1. The number of ether oxygens (including phenoxy) is 1. The van der Waals surface area contributed by atoms with Gasteiger partial charge in [0, 0.05) is 12.5 Å². The van der Waals surface area contributed by atoms with E-state index >= 15 is 0 Å². The zero-order valence-corrected chi connectivity index (χ0v) is 18.8. The molecule has 0 spiro atoms. The third-order valence-electron chi connectivity index (χ3n) is 5.53. The maximum Gasteiger partial charge on any atom is 0.226 e. The smallest absolute Gasteiger partial charge is 0.226 e. The van der Waals surface area contributed by atoms with E-state index in [0.29, 0.717) is 30.6 Å². The summed E-state index contributed by atoms with van der Waals surface area (Å²) in [4.78, 5) is 12.2. The summed E-state index contributed by atoms with van der Waals surface area (Å²) in [6, 6.07) is 8.34. The largest absolute Gasteiger partial charge is 0.494 e. The molecule has 0 unspecified atom stereocenters. The number of aryl methyl sites for hydroxylation is 1. The Labute approximate surface area is 182 Å². The van der Waals surface area contributed by atoms with Gasteiger partial charge in [-0.2, -0.15) is 0 Å². The fourth-order valence-electron chi connectivity index (χ4n) is 3.78. The highest BCUT2D eigenvalue weighted by molar-refractivity contribution is 7.80. The van der Waals surface area contributed by atoms with Crippen LogP contribution in [0.1, 0.15) is 89.0 Å². The van der Waals surface area contributed by atoms with Crippen molar-refractivity contribution in [2.24, 2.45) is 0 Å². The van der Waals surface area contributed by atoms with E-state index in [0.717, 1.165) is 18.6 Å². The molecule has 1 saturated carbocycles. The topological polar surface area (TPSA) is 50.4 Å². The Morgan fingerprint density at radius 1 is 0.966 bits per heavy atom. The molecule has 1 amide bonds. The third kappa shape index (κ3) is 11.2. The summed E-state index contributed by atoms with van der Waals surface area (Å²) < 4.78 is 5.68. The molecule has 0 radical (unpaired) electrons. The lowest BCUT2D eigenvalue weighted by Gasteiger charge is -2.21. The molecule has 162 valence electrons. The zero-order chi connectivity index (χ0) is 20.7. The monoisotopic (exact) mass is 418 g/mol. The molecule has 0 saturated heterocycles. The number of amides is 1. The summed E-state index contributed by atoms with van der Waals surface area (Å²) in [6.07, 6.45) is 15.3. The molecule has 2 N–H and O–H groups in total. The molecule has 1 fully saturated rings. The van der Waals surface area contributed by atoms with Gasteiger partial charge in [-0.25, -0.2) is 0 Å². The van der Waals surface area contributed by atoms with E-state index in [9.17, 15) is 4.79 Å². The minimum atomic E-state index is -0.0387. The Bertz CT molecular complexity index is 591. The van der Waals surface area contributed by atoms with Gasteiger partial charge in [-0.05, 0) is 50.5 Å². The third-order valence-corrected chi connectivity index (χ3v) is 5.75. The van der Waals surface area contributed by atoms with Crippen LogP contribution in [0.5, 0.6) is 5.75 Å². The van der Waals surface area contributed by atoms with Gasteiger partial charge >= 0.3 is 0 Å². The molecule has 2 rings (SSSR count). The lowest BCUT2D eigenvalue weighted by Crippen LogP contribution is -2.44. The first-order valence-corrected chi connectivity index (χ1v) is 11.8. The van der Waals surface area contributed by atoms with Gasteiger partial charge in [0.2, 0.25) is 5.91 Å². The summed E-state index contributed by atoms with van der Waals surface area (Å²) in [5.41, 5.74) is 1.21. The number of thiocarbonyl (C=S) groups is 1. The summed E-state index contributed by atoms with van der Waals surface area (Å²) in [5, 5.41) is 6.72. The van der Waals surface area contributed by atoms with Crippen molar-refractivity contribution in [3.8, 4) is 5.75 Å². The van der Waals surface area contributed by atoms with Crippen LogP contribution in [0.25, 0.3) is 0 Å². The second-order valence-electron chi connectivity index (χ2n) is 8.24. The molecule has 0 aromatic heterocycles. The Kier molecular flexibility index (Phi) is 11.7. The Hall–Kier alpha value is -1.62. The highest BCUT2D eigenvalue weighted by Crippen LogP contribution is 2.17. The lowest BCUT2D eigenvalue weighted by atomic mass is 9.98. The predicted molar refractivity (Wildman–Crippen MR) is 124 cm³/mol. The van der Waals surface area contributed by atoms with E-state index in [1.165, 1.54) is 63.4 Å². The standard InChI is InChI=1S/C24H38N2O2S/c1-20-15-17-22(18-16-20)28-19-11-14-23(27)26-24(29)25-21-12-9-7-5-3-2-4-6-8-10-13-21/h15-18,21H,2-14,19H2,1H3,(H2,25,26,27,29). The molecule has 0 heterocycles. The van der Waals surface area contributed by atoms with Gasteiger partial charge in [-0.1, -0.05) is 75.5 Å². The van der Waals surface area contributed by atoms with Crippen LogP contribution < -0.4 is 15.4 Å². The van der Waals surface area contributed by atoms with E-state index < -0.39 is 0 Å². The van der Waals surface area contributed by atoms with Gasteiger partial charge in [-0.15, -0.1) is 0 Å². The number of carbonyl (C=O) groups is 1. The first kappa shape index (κ1) is 23.7. The van der Waals surface area contributed by atoms with Crippen molar-refractivity contribution < 1.29 is 9.53 Å². The van der Waals surface area contributed by atoms with E-state index in [4.69, 9.17) is 17.0 Å². The molecule has 1 aromatic carbocycles. The van der Waals surface area contributed by atoms with E-state index in [1.807, 2.05) is 31.2 Å². The summed E-state index contributed by atoms with van der Waals surface area (Å²) in [5.74, 6) is 0.804. The highest BCUT2D eigenvalue weighted by atomic mass is 32.1. The number of nitrogens with one attached hydrogen (secondary N) is 2. The van der Waals surface area contributed by atoms with Crippen LogP contribution in [-0.2, 0) is 4.79 Å². The number of hydrogen-bond donors (Lipinski definition) is 2. The van der Waals surface area contributed by atoms with E-state index in [-0.39, 0.29) is 5.91 Å². The van der Waals surface area contributed by atoms with Crippen LogP contribution in [0.4, 0.5) is 0 Å². The minimum absolute atomic E-state index is 0.0387. The Morgan fingerprint density at radius 2 is 1.52 bits per heavy atom. The van der Waals surface area contributed by atoms with Crippen LogP contribution in [0.15, 0.2) is 24.3 Å². The van der Waals surface area contributed by atoms with Crippen molar-refractivity contribution in [3.63, 3.8) is 0 Å². The van der Waals surface area contributed by atoms with E-state index in [1.54, 1.807) is 0 Å². The van der Waals surface area contributed by atoms with Gasteiger partial charge in [-0.3, -0.25) is 4.79 Å². The molecular formula is C24H38N2O2S. The van der Waals surface area contributed by atoms with Gasteiger partial charge in [0.25, 0.3) is 0 Å². The summed E-state index contributed by atoms with van der Waals surface area (Å²) in [6.45, 7) is 2.58. The fourth-order valence-corrected chi connectivity index (χ4v) is 4.06. The second kappa shape index (κ2) is 14.4. The number of hydrogen-bond acceptors (Lipinski definition) is 3. The molecule has 1 aliphatic carbocycles. The number of benzene rings is 1. The first-order valence-electron chi connectivity index (χ1n) is 11.4. The van der Waals surface area contributed by atoms with Crippen LogP contribution in [0, 0.1) is 6.92 Å². The average Bonchev–Trinajstić information content (AvgIpc) is 2.68. The molecule has 0 atom stereocenters. The molecule has 29 heavy (non-hydrogen) atoms. The SMILES string of the molecule is Cc1ccc(OCCCC(=O)NC(=S)NC2CCCCCCCCCCC2)cc1.